The Balaban J connectivity index is 1.31. The number of carbonyl (C=O) groups is 2. The van der Waals surface area contributed by atoms with E-state index in [0.29, 0.717) is 25.5 Å². The predicted octanol–water partition coefficient (Wildman–Crippen LogP) is 4.99. The van der Waals surface area contributed by atoms with Crippen molar-refractivity contribution in [2.75, 3.05) is 12.0 Å². The lowest BCUT2D eigenvalue weighted by atomic mass is 9.80. The standard InChI is InChI=1S/C34H32N2O5/c1-39-28-19-17-27(18-20-28)36-30(32(34(36)38)41-23-26-15-9-4-10-16-26)29-31(40-22-25-13-7-3-8-14-25)33(37)35(29)21-24-11-5-2-6-12-24/h2-20,29-32H,21-23H2,1H3/t29-,30-,31+,32+/m0/s1. The quantitative estimate of drug-likeness (QED) is 0.247. The van der Waals surface area contributed by atoms with E-state index in [1.54, 1.807) is 12.0 Å². The first kappa shape index (κ1) is 26.7. The van der Waals surface area contributed by atoms with E-state index in [-0.39, 0.29) is 11.8 Å². The van der Waals surface area contributed by atoms with Gasteiger partial charge in [0, 0.05) is 12.2 Å². The van der Waals surface area contributed by atoms with Crippen LogP contribution in [0.4, 0.5) is 5.69 Å². The maximum atomic E-state index is 13.7. The molecular formula is C34H32N2O5. The number of nitrogens with zero attached hydrogens (tertiary/aromatic N) is 2. The first-order chi connectivity index (χ1) is 20.1. The highest BCUT2D eigenvalue weighted by molar-refractivity contribution is 6.06. The molecule has 2 heterocycles. The minimum Gasteiger partial charge on any atom is -0.497 e. The molecule has 0 radical (unpaired) electrons. The van der Waals surface area contributed by atoms with E-state index in [1.165, 1.54) is 0 Å². The van der Waals surface area contributed by atoms with Crippen LogP contribution in [0.5, 0.6) is 5.75 Å². The van der Waals surface area contributed by atoms with Crippen LogP contribution in [0.3, 0.4) is 0 Å². The smallest absolute Gasteiger partial charge is 0.258 e. The lowest BCUT2D eigenvalue weighted by molar-refractivity contribution is -0.190. The summed E-state index contributed by atoms with van der Waals surface area (Å²) in [6.45, 7) is 1.01. The summed E-state index contributed by atoms with van der Waals surface area (Å²) in [5.41, 5.74) is 3.69. The average molecular weight is 549 g/mol. The number of likely N-dealkylation sites (tertiary alicyclic amines) is 1. The molecule has 0 aromatic heterocycles. The second-order valence-corrected chi connectivity index (χ2v) is 10.3. The number of methoxy groups -OCH3 is 1. The fourth-order valence-electron chi connectivity index (χ4n) is 5.58. The van der Waals surface area contributed by atoms with Gasteiger partial charge in [-0.15, -0.1) is 0 Å². The molecule has 2 fully saturated rings. The molecule has 2 amide bonds. The van der Waals surface area contributed by atoms with E-state index in [1.807, 2.05) is 120 Å². The van der Waals surface area contributed by atoms with E-state index in [4.69, 9.17) is 14.2 Å². The minimum atomic E-state index is -0.725. The zero-order valence-electron chi connectivity index (χ0n) is 22.8. The third kappa shape index (κ3) is 5.46. The maximum Gasteiger partial charge on any atom is 0.258 e. The highest BCUT2D eigenvalue weighted by atomic mass is 16.5. The van der Waals surface area contributed by atoms with Crippen molar-refractivity contribution < 1.29 is 23.8 Å². The van der Waals surface area contributed by atoms with Gasteiger partial charge in [-0.3, -0.25) is 9.59 Å². The molecule has 4 aromatic rings. The summed E-state index contributed by atoms with van der Waals surface area (Å²) < 4.78 is 17.9. The van der Waals surface area contributed by atoms with Gasteiger partial charge in [-0.25, -0.2) is 0 Å². The van der Waals surface area contributed by atoms with Crippen LogP contribution in [0.25, 0.3) is 0 Å². The molecule has 2 saturated heterocycles. The Morgan fingerprint density at radius 2 is 1.07 bits per heavy atom. The van der Waals surface area contributed by atoms with Gasteiger partial charge in [-0.05, 0) is 41.0 Å². The van der Waals surface area contributed by atoms with Crippen molar-refractivity contribution in [3.63, 3.8) is 0 Å². The number of β-lactam (4-membered cyclic amide) rings is 2. The Labute approximate surface area is 239 Å². The minimum absolute atomic E-state index is 0.0920. The molecule has 2 aliphatic heterocycles. The molecule has 0 bridgehead atoms. The normalized spacial score (nSPS) is 21.8. The number of ether oxygens (including phenoxy) is 3. The van der Waals surface area contributed by atoms with Gasteiger partial charge in [0.1, 0.15) is 5.75 Å². The van der Waals surface area contributed by atoms with Crippen molar-refractivity contribution in [3.05, 3.63) is 132 Å². The second kappa shape index (κ2) is 12.0. The van der Waals surface area contributed by atoms with Crippen molar-refractivity contribution in [3.8, 4) is 5.75 Å². The first-order valence-electron chi connectivity index (χ1n) is 13.8. The number of hydrogen-bond donors (Lipinski definition) is 0. The topological polar surface area (TPSA) is 68.3 Å². The van der Waals surface area contributed by atoms with Crippen molar-refractivity contribution in [2.24, 2.45) is 0 Å². The molecule has 4 aromatic carbocycles. The van der Waals surface area contributed by atoms with Gasteiger partial charge in [0.05, 0.1) is 32.4 Å². The van der Waals surface area contributed by atoms with Gasteiger partial charge < -0.3 is 24.0 Å². The molecule has 0 aliphatic carbocycles. The summed E-state index contributed by atoms with van der Waals surface area (Å²) in [4.78, 5) is 30.8. The highest BCUT2D eigenvalue weighted by Crippen LogP contribution is 2.41. The van der Waals surface area contributed by atoms with Crippen LogP contribution in [0.2, 0.25) is 0 Å². The van der Waals surface area contributed by atoms with Gasteiger partial charge in [0.2, 0.25) is 0 Å². The summed E-state index contributed by atoms with van der Waals surface area (Å²) in [6.07, 6.45) is -1.43. The number of rotatable bonds is 11. The number of anilines is 1. The van der Waals surface area contributed by atoms with Gasteiger partial charge in [0.15, 0.2) is 12.2 Å². The van der Waals surface area contributed by atoms with Crippen LogP contribution in [-0.2, 0) is 38.8 Å². The highest BCUT2D eigenvalue weighted by Gasteiger charge is 2.63. The van der Waals surface area contributed by atoms with Crippen molar-refractivity contribution in [2.45, 2.75) is 44.1 Å². The molecule has 4 atom stereocenters. The largest absolute Gasteiger partial charge is 0.497 e. The third-order valence-corrected chi connectivity index (χ3v) is 7.73. The summed E-state index contributed by atoms with van der Waals surface area (Å²) in [7, 11) is 1.61. The van der Waals surface area contributed by atoms with Crippen molar-refractivity contribution in [1.29, 1.82) is 0 Å². The first-order valence-corrected chi connectivity index (χ1v) is 13.8. The summed E-state index contributed by atoms with van der Waals surface area (Å²) in [6, 6.07) is 36.0. The Bertz CT molecular complexity index is 1460. The van der Waals surface area contributed by atoms with Crippen molar-refractivity contribution in [1.82, 2.24) is 4.90 Å². The van der Waals surface area contributed by atoms with Gasteiger partial charge in [-0.1, -0.05) is 91.0 Å². The van der Waals surface area contributed by atoms with E-state index >= 15 is 0 Å². The molecule has 2 aliphatic rings. The SMILES string of the molecule is COc1ccc(N2C(=O)[C@H](OCc3ccccc3)[C@@H]2[C@H]2[C@@H](OCc3ccccc3)C(=O)N2Cc2ccccc2)cc1. The van der Waals surface area contributed by atoms with Gasteiger partial charge in [0.25, 0.3) is 11.8 Å². The molecule has 0 saturated carbocycles. The predicted molar refractivity (Wildman–Crippen MR) is 155 cm³/mol. The second-order valence-electron chi connectivity index (χ2n) is 10.3. The number of amides is 2. The van der Waals surface area contributed by atoms with Crippen LogP contribution in [-0.4, -0.2) is 48.1 Å². The fourth-order valence-corrected chi connectivity index (χ4v) is 5.58. The summed E-state index contributed by atoms with van der Waals surface area (Å²) in [5, 5.41) is 0. The van der Waals surface area contributed by atoms with Crippen LogP contribution in [0, 0.1) is 0 Å². The lowest BCUT2D eigenvalue weighted by Crippen LogP contribution is -2.81. The molecule has 0 spiro atoms. The van der Waals surface area contributed by atoms with Crippen LogP contribution in [0.1, 0.15) is 16.7 Å². The number of benzene rings is 4. The molecule has 7 nitrogen and oxygen atoms in total. The maximum absolute atomic E-state index is 13.7. The average Bonchev–Trinajstić information content (AvgIpc) is 3.03. The molecular weight excluding hydrogens is 516 g/mol. The fraction of sp³-hybridized carbons (Fsp3) is 0.235. The Morgan fingerprint density at radius 3 is 1.59 bits per heavy atom. The molecule has 0 N–H and O–H groups in total. The van der Waals surface area contributed by atoms with Crippen LogP contribution in [0.15, 0.2) is 115 Å². The number of carbonyl (C=O) groups excluding carboxylic acids is 2. The molecule has 41 heavy (non-hydrogen) atoms. The Hall–Kier alpha value is -4.46. The van der Waals surface area contributed by atoms with Crippen molar-refractivity contribution >= 4 is 17.5 Å². The van der Waals surface area contributed by atoms with Gasteiger partial charge in [-0.2, -0.15) is 0 Å². The monoisotopic (exact) mass is 548 g/mol. The summed E-state index contributed by atoms with van der Waals surface area (Å²) >= 11 is 0. The Morgan fingerprint density at radius 1 is 0.585 bits per heavy atom. The number of hydrogen-bond acceptors (Lipinski definition) is 5. The van der Waals surface area contributed by atoms with E-state index in [2.05, 4.69) is 0 Å². The molecule has 208 valence electrons. The van der Waals surface area contributed by atoms with E-state index < -0.39 is 24.3 Å². The third-order valence-electron chi connectivity index (χ3n) is 7.73. The molecule has 7 heteroatoms. The van der Waals surface area contributed by atoms with Gasteiger partial charge >= 0.3 is 0 Å². The van der Waals surface area contributed by atoms with E-state index in [9.17, 15) is 9.59 Å². The zero-order valence-corrected chi connectivity index (χ0v) is 22.8. The summed E-state index contributed by atoms with van der Waals surface area (Å²) in [5.74, 6) is 0.464. The van der Waals surface area contributed by atoms with Crippen LogP contribution >= 0.6 is 0 Å². The molecule has 0 unspecified atom stereocenters. The zero-order chi connectivity index (χ0) is 28.2. The van der Waals surface area contributed by atoms with E-state index in [0.717, 1.165) is 22.4 Å². The molecule has 6 rings (SSSR count). The Kier molecular flexibility index (Phi) is 7.80. The lowest BCUT2D eigenvalue weighted by Gasteiger charge is -2.58. The van der Waals surface area contributed by atoms with Crippen LogP contribution < -0.4 is 9.64 Å².